The number of nitrogen functional groups attached to an aromatic ring is 1. The average molecular weight is 263 g/mol. The Morgan fingerprint density at radius 2 is 2.05 bits per heavy atom. The number of nitrogens with two attached hydrogens (primary N) is 1. The molecule has 0 atom stereocenters. The number of aryl methyl sites for hydroxylation is 1. The maximum Gasteiger partial charge on any atom is 0.250 e. The minimum Gasteiger partial charge on any atom is -0.476 e. The van der Waals surface area contributed by atoms with Gasteiger partial charge < -0.3 is 15.2 Å². The van der Waals surface area contributed by atoms with Crippen molar-refractivity contribution in [3.63, 3.8) is 0 Å². The molecule has 0 amide bonds. The minimum absolute atomic E-state index is 0.275. The molecule has 0 saturated carbocycles. The zero-order valence-electron chi connectivity index (χ0n) is 11.0. The predicted molar refractivity (Wildman–Crippen MR) is 70.2 cm³/mol. The Balaban J connectivity index is 2.15. The van der Waals surface area contributed by atoms with Gasteiger partial charge in [-0.05, 0) is 13.3 Å². The van der Waals surface area contributed by atoms with Gasteiger partial charge in [0.2, 0.25) is 11.8 Å². The summed E-state index contributed by atoms with van der Waals surface area (Å²) in [5, 5.41) is 4.11. The summed E-state index contributed by atoms with van der Waals surface area (Å²) >= 11 is 0. The standard InChI is InChI=1S/C12H17N5O2/c1-3-5-18-11-10(13)12(15-8-14-11)19-9-6-16-17(4-2)7-9/h6-8H,3-5,13H2,1-2H3. The Hall–Kier alpha value is -2.31. The number of aromatic nitrogens is 4. The highest BCUT2D eigenvalue weighted by Crippen LogP contribution is 2.30. The molecule has 0 aromatic carbocycles. The highest BCUT2D eigenvalue weighted by molar-refractivity contribution is 5.56. The third-order valence-corrected chi connectivity index (χ3v) is 2.40. The summed E-state index contributed by atoms with van der Waals surface area (Å²) in [6.45, 7) is 5.32. The van der Waals surface area contributed by atoms with Gasteiger partial charge in [0.1, 0.15) is 6.33 Å². The van der Waals surface area contributed by atoms with Crippen molar-refractivity contribution in [2.75, 3.05) is 12.3 Å². The second-order valence-electron chi connectivity index (χ2n) is 3.88. The molecule has 2 aromatic rings. The fourth-order valence-corrected chi connectivity index (χ4v) is 1.44. The number of rotatable bonds is 6. The van der Waals surface area contributed by atoms with Crippen molar-refractivity contribution in [2.24, 2.45) is 0 Å². The lowest BCUT2D eigenvalue weighted by atomic mass is 10.5. The van der Waals surface area contributed by atoms with E-state index in [1.807, 2.05) is 13.8 Å². The number of hydrogen-bond donors (Lipinski definition) is 1. The van der Waals surface area contributed by atoms with Gasteiger partial charge in [0.25, 0.3) is 0 Å². The smallest absolute Gasteiger partial charge is 0.250 e. The third-order valence-electron chi connectivity index (χ3n) is 2.40. The second-order valence-corrected chi connectivity index (χ2v) is 3.88. The summed E-state index contributed by atoms with van der Waals surface area (Å²) in [4.78, 5) is 7.98. The van der Waals surface area contributed by atoms with Gasteiger partial charge in [-0.1, -0.05) is 6.92 Å². The molecule has 19 heavy (non-hydrogen) atoms. The summed E-state index contributed by atoms with van der Waals surface area (Å²) in [5.74, 6) is 1.19. The monoisotopic (exact) mass is 263 g/mol. The van der Waals surface area contributed by atoms with E-state index in [-0.39, 0.29) is 5.88 Å². The summed E-state index contributed by atoms with van der Waals surface area (Å²) in [7, 11) is 0. The van der Waals surface area contributed by atoms with Crippen molar-refractivity contribution < 1.29 is 9.47 Å². The molecule has 0 saturated heterocycles. The largest absolute Gasteiger partial charge is 0.476 e. The number of nitrogens with zero attached hydrogens (tertiary/aromatic N) is 4. The second kappa shape index (κ2) is 6.03. The van der Waals surface area contributed by atoms with Crippen LogP contribution in [0.2, 0.25) is 0 Å². The molecule has 7 heteroatoms. The molecule has 0 bridgehead atoms. The van der Waals surface area contributed by atoms with E-state index in [2.05, 4.69) is 15.1 Å². The van der Waals surface area contributed by atoms with E-state index in [9.17, 15) is 0 Å². The van der Waals surface area contributed by atoms with Gasteiger partial charge in [-0.3, -0.25) is 4.68 Å². The van der Waals surface area contributed by atoms with Crippen molar-refractivity contribution in [2.45, 2.75) is 26.8 Å². The van der Waals surface area contributed by atoms with Crippen molar-refractivity contribution in [1.82, 2.24) is 19.7 Å². The Morgan fingerprint density at radius 3 is 2.74 bits per heavy atom. The highest BCUT2D eigenvalue weighted by atomic mass is 16.5. The molecule has 0 fully saturated rings. The first-order valence-electron chi connectivity index (χ1n) is 6.18. The van der Waals surface area contributed by atoms with E-state index in [1.165, 1.54) is 6.33 Å². The van der Waals surface area contributed by atoms with Crippen LogP contribution in [-0.4, -0.2) is 26.4 Å². The molecule has 2 N–H and O–H groups in total. The fraction of sp³-hybridized carbons (Fsp3) is 0.417. The molecule has 2 heterocycles. The summed E-state index contributed by atoms with van der Waals surface area (Å²) in [5.41, 5.74) is 6.20. The van der Waals surface area contributed by atoms with Crippen LogP contribution in [0.1, 0.15) is 20.3 Å². The highest BCUT2D eigenvalue weighted by Gasteiger charge is 2.12. The van der Waals surface area contributed by atoms with Crippen molar-refractivity contribution in [3.05, 3.63) is 18.7 Å². The first-order valence-corrected chi connectivity index (χ1v) is 6.18. The topological polar surface area (TPSA) is 88.1 Å². The quantitative estimate of drug-likeness (QED) is 0.855. The van der Waals surface area contributed by atoms with Crippen LogP contribution in [0.5, 0.6) is 17.5 Å². The van der Waals surface area contributed by atoms with Crippen LogP contribution in [0.4, 0.5) is 5.69 Å². The van der Waals surface area contributed by atoms with Gasteiger partial charge in [-0.25, -0.2) is 0 Å². The number of hydrogen-bond acceptors (Lipinski definition) is 6. The predicted octanol–water partition coefficient (Wildman–Crippen LogP) is 1.86. The van der Waals surface area contributed by atoms with Crippen LogP contribution in [0.3, 0.4) is 0 Å². The van der Waals surface area contributed by atoms with Crippen LogP contribution < -0.4 is 15.2 Å². The molecule has 2 aromatic heterocycles. The molecule has 102 valence electrons. The van der Waals surface area contributed by atoms with Crippen LogP contribution in [-0.2, 0) is 6.54 Å². The summed E-state index contributed by atoms with van der Waals surface area (Å²) < 4.78 is 12.7. The van der Waals surface area contributed by atoms with E-state index in [0.717, 1.165) is 13.0 Å². The van der Waals surface area contributed by atoms with Crippen LogP contribution in [0.15, 0.2) is 18.7 Å². The van der Waals surface area contributed by atoms with Gasteiger partial charge in [-0.15, -0.1) is 0 Å². The lowest BCUT2D eigenvalue weighted by molar-refractivity contribution is 0.304. The zero-order chi connectivity index (χ0) is 13.7. The van der Waals surface area contributed by atoms with E-state index < -0.39 is 0 Å². The molecule has 0 aliphatic heterocycles. The SMILES string of the molecule is CCCOc1ncnc(Oc2cnn(CC)c2)c1N. The van der Waals surface area contributed by atoms with Gasteiger partial charge in [0, 0.05) is 6.54 Å². The van der Waals surface area contributed by atoms with E-state index in [0.29, 0.717) is 23.9 Å². The van der Waals surface area contributed by atoms with Gasteiger partial charge in [-0.2, -0.15) is 15.1 Å². The van der Waals surface area contributed by atoms with E-state index in [1.54, 1.807) is 17.1 Å². The maximum atomic E-state index is 5.91. The molecular formula is C12H17N5O2. The average Bonchev–Trinajstić information content (AvgIpc) is 2.87. The van der Waals surface area contributed by atoms with E-state index in [4.69, 9.17) is 15.2 Å². The molecule has 7 nitrogen and oxygen atoms in total. The van der Waals surface area contributed by atoms with Crippen molar-refractivity contribution in [1.29, 1.82) is 0 Å². The molecular weight excluding hydrogens is 246 g/mol. The molecule has 0 aliphatic rings. The Bertz CT molecular complexity index is 541. The van der Waals surface area contributed by atoms with Crippen LogP contribution in [0.25, 0.3) is 0 Å². The first kappa shape index (κ1) is 13.1. The van der Waals surface area contributed by atoms with Crippen LogP contribution >= 0.6 is 0 Å². The lowest BCUT2D eigenvalue weighted by Gasteiger charge is -2.09. The Morgan fingerprint density at radius 1 is 1.26 bits per heavy atom. The van der Waals surface area contributed by atoms with Crippen molar-refractivity contribution in [3.8, 4) is 17.5 Å². The number of ether oxygens (including phenoxy) is 2. The Labute approximate surface area is 111 Å². The molecule has 0 spiro atoms. The first-order chi connectivity index (χ1) is 9.24. The van der Waals surface area contributed by atoms with Gasteiger partial charge in [0.05, 0.1) is 19.0 Å². The normalized spacial score (nSPS) is 10.4. The molecule has 0 radical (unpaired) electrons. The molecule has 0 unspecified atom stereocenters. The summed E-state index contributed by atoms with van der Waals surface area (Å²) in [6, 6.07) is 0. The van der Waals surface area contributed by atoms with Crippen molar-refractivity contribution >= 4 is 5.69 Å². The zero-order valence-corrected chi connectivity index (χ0v) is 11.0. The minimum atomic E-state index is 0.275. The maximum absolute atomic E-state index is 5.91. The summed E-state index contributed by atoms with van der Waals surface area (Å²) in [6.07, 6.45) is 5.62. The number of anilines is 1. The molecule has 2 rings (SSSR count). The van der Waals surface area contributed by atoms with Gasteiger partial charge >= 0.3 is 0 Å². The lowest BCUT2D eigenvalue weighted by Crippen LogP contribution is -2.04. The fourth-order valence-electron chi connectivity index (χ4n) is 1.44. The van der Waals surface area contributed by atoms with Gasteiger partial charge in [0.15, 0.2) is 11.4 Å². The van der Waals surface area contributed by atoms with Crippen LogP contribution in [0, 0.1) is 0 Å². The molecule has 0 aliphatic carbocycles. The third kappa shape index (κ3) is 3.12. The Kier molecular flexibility index (Phi) is 4.17. The van der Waals surface area contributed by atoms with E-state index >= 15 is 0 Å².